The summed E-state index contributed by atoms with van der Waals surface area (Å²) in [5.74, 6) is -1.55. The molecule has 122 valence electrons. The first-order valence-electron chi connectivity index (χ1n) is 8.40. The molecule has 1 N–H and O–H groups in total. The van der Waals surface area contributed by atoms with Gasteiger partial charge in [0, 0.05) is 11.1 Å². The lowest BCUT2D eigenvalue weighted by atomic mass is 9.75. The SMILES string of the molecule is CC1(C)CCCC(C)(C)N1C(=O)[C@@H]1[C@@H](C(=O)O)[C@H]2C=C[C@H]1C2. The number of allylic oxidation sites excluding steroid dienone is 2. The Morgan fingerprint density at radius 2 is 1.50 bits per heavy atom. The van der Waals surface area contributed by atoms with Crippen LogP contribution in [0.2, 0.25) is 0 Å². The first kappa shape index (κ1) is 15.6. The monoisotopic (exact) mass is 305 g/mol. The second kappa shape index (κ2) is 4.84. The molecule has 0 aromatic heterocycles. The van der Waals surface area contributed by atoms with Crippen LogP contribution < -0.4 is 0 Å². The highest BCUT2D eigenvalue weighted by atomic mass is 16.4. The molecule has 1 aliphatic heterocycles. The van der Waals surface area contributed by atoms with Crippen molar-refractivity contribution in [2.75, 3.05) is 0 Å². The summed E-state index contributed by atoms with van der Waals surface area (Å²) in [4.78, 5) is 27.1. The Bertz CT molecular complexity index is 518. The number of carboxylic acid groups (broad SMARTS) is 1. The summed E-state index contributed by atoms with van der Waals surface area (Å²) in [6.45, 7) is 8.46. The van der Waals surface area contributed by atoms with Gasteiger partial charge in [0.2, 0.25) is 5.91 Å². The van der Waals surface area contributed by atoms with Gasteiger partial charge in [-0.25, -0.2) is 0 Å². The summed E-state index contributed by atoms with van der Waals surface area (Å²) in [5.41, 5.74) is -0.402. The van der Waals surface area contributed by atoms with Crippen molar-refractivity contribution >= 4 is 11.9 Å². The van der Waals surface area contributed by atoms with Gasteiger partial charge in [-0.2, -0.15) is 0 Å². The average Bonchev–Trinajstić information content (AvgIpc) is 2.95. The normalized spacial score (nSPS) is 38.3. The average molecular weight is 305 g/mol. The highest BCUT2D eigenvalue weighted by molar-refractivity contribution is 5.88. The molecule has 0 aromatic rings. The number of amides is 1. The van der Waals surface area contributed by atoms with Gasteiger partial charge in [-0.15, -0.1) is 0 Å². The van der Waals surface area contributed by atoms with Crippen molar-refractivity contribution in [2.45, 2.75) is 64.5 Å². The molecule has 22 heavy (non-hydrogen) atoms. The smallest absolute Gasteiger partial charge is 0.307 e. The lowest BCUT2D eigenvalue weighted by Gasteiger charge is -2.54. The highest BCUT2D eigenvalue weighted by Gasteiger charge is 2.56. The lowest BCUT2D eigenvalue weighted by Crippen LogP contribution is -2.63. The van der Waals surface area contributed by atoms with Crippen LogP contribution in [0.5, 0.6) is 0 Å². The van der Waals surface area contributed by atoms with Gasteiger partial charge in [-0.05, 0) is 65.2 Å². The van der Waals surface area contributed by atoms with Crippen molar-refractivity contribution in [1.29, 1.82) is 0 Å². The summed E-state index contributed by atoms with van der Waals surface area (Å²) in [7, 11) is 0. The third-order valence-corrected chi connectivity index (χ3v) is 6.04. The van der Waals surface area contributed by atoms with Gasteiger partial charge in [0.15, 0.2) is 0 Å². The van der Waals surface area contributed by atoms with Gasteiger partial charge in [0.05, 0.1) is 11.8 Å². The van der Waals surface area contributed by atoms with Crippen molar-refractivity contribution in [1.82, 2.24) is 4.90 Å². The molecule has 2 aliphatic carbocycles. The number of fused-ring (bicyclic) bond motifs is 2. The van der Waals surface area contributed by atoms with Gasteiger partial charge < -0.3 is 10.0 Å². The molecule has 0 radical (unpaired) electrons. The van der Waals surface area contributed by atoms with E-state index in [1.165, 1.54) is 0 Å². The van der Waals surface area contributed by atoms with Gasteiger partial charge in [-0.1, -0.05) is 12.2 Å². The van der Waals surface area contributed by atoms with Crippen LogP contribution in [0, 0.1) is 23.7 Å². The van der Waals surface area contributed by atoms with E-state index >= 15 is 0 Å². The van der Waals surface area contributed by atoms with E-state index in [0.29, 0.717) is 0 Å². The summed E-state index contributed by atoms with van der Waals surface area (Å²) < 4.78 is 0. The van der Waals surface area contributed by atoms with E-state index in [1.54, 1.807) is 0 Å². The number of hydrogen-bond acceptors (Lipinski definition) is 2. The highest BCUT2D eigenvalue weighted by Crippen LogP contribution is 2.51. The number of hydrogen-bond donors (Lipinski definition) is 1. The standard InChI is InChI=1S/C18H27NO3/c1-17(2)8-5-9-18(3,4)19(17)15(20)13-11-6-7-12(10-11)14(13)16(21)22/h6-7,11-14H,5,8-10H2,1-4H3,(H,21,22)/t11-,12-,13-,14-/m0/s1. The zero-order valence-electron chi connectivity index (χ0n) is 14.0. The van der Waals surface area contributed by atoms with E-state index in [4.69, 9.17) is 0 Å². The maximum absolute atomic E-state index is 13.4. The molecular weight excluding hydrogens is 278 g/mol. The quantitative estimate of drug-likeness (QED) is 0.798. The third-order valence-electron chi connectivity index (χ3n) is 6.04. The van der Waals surface area contributed by atoms with Crippen molar-refractivity contribution in [3.8, 4) is 0 Å². The number of likely N-dealkylation sites (tertiary alicyclic amines) is 1. The zero-order chi connectivity index (χ0) is 16.3. The van der Waals surface area contributed by atoms with Crippen molar-refractivity contribution in [3.05, 3.63) is 12.2 Å². The number of nitrogens with zero attached hydrogens (tertiary/aromatic N) is 1. The number of carbonyl (C=O) groups excluding carboxylic acids is 1. The molecular formula is C18H27NO3. The summed E-state index contributed by atoms with van der Waals surface area (Å²) in [6.07, 6.45) is 7.97. The Kier molecular flexibility index (Phi) is 3.42. The number of piperidine rings is 1. The van der Waals surface area contributed by atoms with Crippen LogP contribution in [0.4, 0.5) is 0 Å². The minimum absolute atomic E-state index is 0.0347. The fraction of sp³-hybridized carbons (Fsp3) is 0.778. The van der Waals surface area contributed by atoms with Crippen LogP contribution in [0.1, 0.15) is 53.4 Å². The van der Waals surface area contributed by atoms with Gasteiger partial charge in [0.25, 0.3) is 0 Å². The Morgan fingerprint density at radius 3 is 2.00 bits per heavy atom. The molecule has 1 saturated heterocycles. The Labute approximate surface area is 132 Å². The molecule has 2 fully saturated rings. The van der Waals surface area contributed by atoms with E-state index in [-0.39, 0.29) is 34.7 Å². The summed E-state index contributed by atoms with van der Waals surface area (Å²) in [6, 6.07) is 0. The molecule has 4 atom stereocenters. The fourth-order valence-electron chi connectivity index (χ4n) is 5.24. The first-order valence-corrected chi connectivity index (χ1v) is 8.40. The zero-order valence-corrected chi connectivity index (χ0v) is 14.0. The van der Waals surface area contributed by atoms with Gasteiger partial charge >= 0.3 is 5.97 Å². The molecule has 0 unspecified atom stereocenters. The molecule has 1 heterocycles. The summed E-state index contributed by atoms with van der Waals surface area (Å²) in [5, 5.41) is 9.61. The minimum atomic E-state index is -0.817. The molecule has 4 heteroatoms. The van der Waals surface area contributed by atoms with Crippen molar-refractivity contribution in [2.24, 2.45) is 23.7 Å². The van der Waals surface area contributed by atoms with E-state index in [2.05, 4.69) is 33.8 Å². The predicted octanol–water partition coefficient (Wildman–Crippen LogP) is 3.08. The van der Waals surface area contributed by atoms with E-state index in [0.717, 1.165) is 25.7 Å². The third kappa shape index (κ3) is 2.19. The molecule has 3 rings (SSSR count). The maximum atomic E-state index is 13.4. The van der Waals surface area contributed by atoms with Gasteiger partial charge in [0.1, 0.15) is 0 Å². The molecule has 0 aromatic carbocycles. The molecule has 3 aliphatic rings. The van der Waals surface area contributed by atoms with Crippen LogP contribution in [-0.2, 0) is 9.59 Å². The van der Waals surface area contributed by atoms with Crippen molar-refractivity contribution in [3.63, 3.8) is 0 Å². The lowest BCUT2D eigenvalue weighted by molar-refractivity contribution is -0.161. The molecule has 4 nitrogen and oxygen atoms in total. The number of rotatable bonds is 2. The molecule has 1 saturated carbocycles. The minimum Gasteiger partial charge on any atom is -0.481 e. The van der Waals surface area contributed by atoms with E-state index < -0.39 is 11.9 Å². The van der Waals surface area contributed by atoms with Crippen LogP contribution in [0.15, 0.2) is 12.2 Å². The fourth-order valence-corrected chi connectivity index (χ4v) is 5.24. The molecule has 1 amide bonds. The van der Waals surface area contributed by atoms with E-state index in [9.17, 15) is 14.7 Å². The van der Waals surface area contributed by atoms with Gasteiger partial charge in [-0.3, -0.25) is 9.59 Å². The molecule has 2 bridgehead atoms. The van der Waals surface area contributed by atoms with Crippen LogP contribution >= 0.6 is 0 Å². The summed E-state index contributed by atoms with van der Waals surface area (Å²) >= 11 is 0. The second-order valence-electron chi connectivity index (χ2n) is 8.49. The Hall–Kier alpha value is -1.32. The van der Waals surface area contributed by atoms with E-state index in [1.807, 2.05) is 11.0 Å². The van der Waals surface area contributed by atoms with Crippen LogP contribution in [0.25, 0.3) is 0 Å². The largest absolute Gasteiger partial charge is 0.481 e. The number of carboxylic acids is 1. The Morgan fingerprint density at radius 1 is 1.00 bits per heavy atom. The predicted molar refractivity (Wildman–Crippen MR) is 84.2 cm³/mol. The van der Waals surface area contributed by atoms with Crippen LogP contribution in [0.3, 0.4) is 0 Å². The topological polar surface area (TPSA) is 57.6 Å². The second-order valence-corrected chi connectivity index (χ2v) is 8.49. The van der Waals surface area contributed by atoms with Crippen molar-refractivity contribution < 1.29 is 14.7 Å². The molecule has 0 spiro atoms. The first-order chi connectivity index (χ1) is 10.1. The van der Waals surface area contributed by atoms with Crippen LogP contribution in [-0.4, -0.2) is 33.0 Å². The number of carbonyl (C=O) groups is 2. The number of aliphatic carboxylic acids is 1. The maximum Gasteiger partial charge on any atom is 0.307 e. The Balaban J connectivity index is 1.95.